The maximum atomic E-state index is 13.1. The van der Waals surface area contributed by atoms with Crippen molar-refractivity contribution >= 4 is 39.5 Å². The third kappa shape index (κ3) is 62.8. The summed E-state index contributed by atoms with van der Waals surface area (Å²) >= 11 is 0. The molecule has 546 valence electrons. The maximum Gasteiger partial charge on any atom is 0.472 e. The van der Waals surface area contributed by atoms with Gasteiger partial charge in [0, 0.05) is 25.7 Å². The van der Waals surface area contributed by atoms with Crippen LogP contribution in [0.5, 0.6) is 0 Å². The number of aliphatic hydroxyl groups is 1. The van der Waals surface area contributed by atoms with Crippen LogP contribution in [-0.4, -0.2) is 96.7 Å². The van der Waals surface area contributed by atoms with Crippen LogP contribution in [0.1, 0.15) is 364 Å². The fourth-order valence-corrected chi connectivity index (χ4v) is 12.5. The predicted molar refractivity (Wildman–Crippen MR) is 372 cm³/mol. The summed E-state index contributed by atoms with van der Waals surface area (Å²) in [6.45, 7) is 14.2. The van der Waals surface area contributed by atoms with E-state index in [1.54, 1.807) is 0 Å². The molecule has 19 heteroatoms. The minimum Gasteiger partial charge on any atom is -0.462 e. The van der Waals surface area contributed by atoms with Crippen molar-refractivity contribution < 1.29 is 80.2 Å². The minimum absolute atomic E-state index is 0.105. The van der Waals surface area contributed by atoms with Gasteiger partial charge >= 0.3 is 39.5 Å². The number of hydrogen-bond acceptors (Lipinski definition) is 15. The molecule has 0 aromatic carbocycles. The zero-order chi connectivity index (χ0) is 68.2. The van der Waals surface area contributed by atoms with Crippen LogP contribution in [0.3, 0.4) is 0 Å². The summed E-state index contributed by atoms with van der Waals surface area (Å²) in [4.78, 5) is 72.7. The van der Waals surface area contributed by atoms with E-state index in [-0.39, 0.29) is 25.7 Å². The van der Waals surface area contributed by atoms with Crippen molar-refractivity contribution in [2.75, 3.05) is 39.6 Å². The summed E-state index contributed by atoms with van der Waals surface area (Å²) in [5.41, 5.74) is 0. The smallest absolute Gasteiger partial charge is 0.462 e. The number of carbonyl (C=O) groups excluding carboxylic acids is 4. The third-order valence-electron chi connectivity index (χ3n) is 17.9. The van der Waals surface area contributed by atoms with Gasteiger partial charge in [0.1, 0.15) is 19.3 Å². The first-order valence-corrected chi connectivity index (χ1v) is 40.8. The Labute approximate surface area is 562 Å². The van der Waals surface area contributed by atoms with Gasteiger partial charge in [-0.25, -0.2) is 9.13 Å². The van der Waals surface area contributed by atoms with Crippen molar-refractivity contribution in [3.05, 3.63) is 0 Å². The number of carbonyl (C=O) groups is 4. The van der Waals surface area contributed by atoms with Crippen molar-refractivity contribution in [2.45, 2.75) is 382 Å². The summed E-state index contributed by atoms with van der Waals surface area (Å²) < 4.78 is 68.4. The number of hydrogen-bond donors (Lipinski definition) is 3. The van der Waals surface area contributed by atoms with E-state index in [1.807, 2.05) is 0 Å². The lowest BCUT2D eigenvalue weighted by atomic mass is 9.99. The second-order valence-electron chi connectivity index (χ2n) is 27.5. The molecule has 0 aliphatic heterocycles. The first-order chi connectivity index (χ1) is 44.2. The second kappa shape index (κ2) is 62.6. The normalized spacial score (nSPS) is 15.1. The molecule has 0 amide bonds. The lowest BCUT2D eigenvalue weighted by Gasteiger charge is -2.21. The predicted octanol–water partition coefficient (Wildman–Crippen LogP) is 20.9. The van der Waals surface area contributed by atoms with Crippen molar-refractivity contribution in [1.82, 2.24) is 0 Å². The summed E-state index contributed by atoms with van der Waals surface area (Å²) in [5, 5.41) is 10.6. The van der Waals surface area contributed by atoms with Crippen LogP contribution >= 0.6 is 15.6 Å². The average Bonchev–Trinajstić information content (AvgIpc) is 1.86. The van der Waals surface area contributed by atoms with Gasteiger partial charge in [0.15, 0.2) is 12.2 Å². The van der Waals surface area contributed by atoms with E-state index in [4.69, 9.17) is 37.0 Å². The zero-order valence-corrected chi connectivity index (χ0v) is 62.0. The number of ether oxygens (including phenoxy) is 4. The van der Waals surface area contributed by atoms with Gasteiger partial charge in [0.05, 0.1) is 26.4 Å². The Balaban J connectivity index is 5.28. The van der Waals surface area contributed by atoms with Crippen molar-refractivity contribution in [1.29, 1.82) is 0 Å². The number of unbranched alkanes of at least 4 members (excludes halogenated alkanes) is 33. The average molecular weight is 1350 g/mol. The summed E-state index contributed by atoms with van der Waals surface area (Å²) in [5.74, 6) is 0.982. The van der Waals surface area contributed by atoms with Gasteiger partial charge in [-0.05, 0) is 49.4 Å². The molecule has 0 aliphatic carbocycles. The highest BCUT2D eigenvalue weighted by Gasteiger charge is 2.30. The number of rotatable bonds is 70. The topological polar surface area (TPSA) is 237 Å². The molecule has 0 aliphatic rings. The van der Waals surface area contributed by atoms with Crippen molar-refractivity contribution in [3.8, 4) is 0 Å². The Kier molecular flexibility index (Phi) is 61.3. The highest BCUT2D eigenvalue weighted by molar-refractivity contribution is 7.47. The van der Waals surface area contributed by atoms with E-state index in [0.717, 1.165) is 120 Å². The SMILES string of the molecule is CCC(C)CCCCCCCCCCCCC(=O)O[C@H](COC(=O)CCCCCCCCCCCCCC(C)C)COP(=O)(O)OC[C@@H](O)COP(=O)(O)OC[C@@H](COC(=O)CCCCCCCCC(C)CC)OC(=O)CCCCCCCCCCCCC(C)CC. The van der Waals surface area contributed by atoms with Crippen molar-refractivity contribution in [2.24, 2.45) is 23.7 Å². The van der Waals surface area contributed by atoms with Crippen LogP contribution in [0.15, 0.2) is 0 Å². The molecule has 3 N–H and O–H groups in total. The van der Waals surface area contributed by atoms with Gasteiger partial charge in [-0.1, -0.05) is 312 Å². The van der Waals surface area contributed by atoms with Crippen LogP contribution in [0.2, 0.25) is 0 Å². The number of esters is 4. The molecule has 0 rings (SSSR count). The summed E-state index contributed by atoms with van der Waals surface area (Å²) in [7, 11) is -9.91. The summed E-state index contributed by atoms with van der Waals surface area (Å²) in [6.07, 6.45) is 45.6. The van der Waals surface area contributed by atoms with E-state index in [9.17, 15) is 43.2 Å². The number of phosphoric acid groups is 2. The van der Waals surface area contributed by atoms with E-state index in [0.29, 0.717) is 25.7 Å². The Morgan fingerprint density at radius 3 is 0.772 bits per heavy atom. The van der Waals surface area contributed by atoms with Crippen molar-refractivity contribution in [3.63, 3.8) is 0 Å². The van der Waals surface area contributed by atoms with E-state index < -0.39 is 97.5 Å². The van der Waals surface area contributed by atoms with E-state index >= 15 is 0 Å². The second-order valence-corrected chi connectivity index (χ2v) is 30.4. The first kappa shape index (κ1) is 90.1. The number of phosphoric ester groups is 2. The van der Waals surface area contributed by atoms with Gasteiger partial charge in [0.2, 0.25) is 0 Å². The maximum absolute atomic E-state index is 13.1. The van der Waals surface area contributed by atoms with Gasteiger partial charge in [-0.15, -0.1) is 0 Å². The third-order valence-corrected chi connectivity index (χ3v) is 19.8. The van der Waals surface area contributed by atoms with Crippen LogP contribution in [-0.2, 0) is 65.4 Å². The Bertz CT molecular complexity index is 1820. The molecular weight excluding hydrogens is 1210 g/mol. The molecule has 0 heterocycles. The highest BCUT2D eigenvalue weighted by atomic mass is 31.2. The fraction of sp³-hybridized carbons (Fsp3) is 0.945. The molecule has 0 spiro atoms. The largest absolute Gasteiger partial charge is 0.472 e. The van der Waals surface area contributed by atoms with Gasteiger partial charge < -0.3 is 33.8 Å². The summed E-state index contributed by atoms with van der Waals surface area (Å²) in [6, 6.07) is 0. The Morgan fingerprint density at radius 1 is 0.304 bits per heavy atom. The molecule has 0 saturated carbocycles. The Hall–Kier alpha value is -1.94. The zero-order valence-electron chi connectivity index (χ0n) is 60.2. The molecule has 0 bridgehead atoms. The number of aliphatic hydroxyl groups excluding tert-OH is 1. The molecule has 92 heavy (non-hydrogen) atoms. The fourth-order valence-electron chi connectivity index (χ4n) is 10.9. The lowest BCUT2D eigenvalue weighted by Crippen LogP contribution is -2.30. The molecule has 5 unspecified atom stereocenters. The van der Waals surface area contributed by atoms with Crippen LogP contribution in [0, 0.1) is 23.7 Å². The van der Waals surface area contributed by atoms with Gasteiger partial charge in [0.25, 0.3) is 0 Å². The van der Waals surface area contributed by atoms with Gasteiger partial charge in [-0.2, -0.15) is 0 Å². The van der Waals surface area contributed by atoms with E-state index in [2.05, 4.69) is 55.4 Å². The van der Waals surface area contributed by atoms with Crippen LogP contribution in [0.4, 0.5) is 0 Å². The van der Waals surface area contributed by atoms with Crippen LogP contribution < -0.4 is 0 Å². The van der Waals surface area contributed by atoms with Crippen LogP contribution in [0.25, 0.3) is 0 Å². The molecule has 0 aromatic rings. The molecule has 8 atom stereocenters. The lowest BCUT2D eigenvalue weighted by molar-refractivity contribution is -0.161. The standard InChI is InChI=1S/C73H142O17P2/c1-9-64(6)50-42-34-26-20-15-17-23-29-39-47-55-72(77)89-68(59-83-70(75)53-45-37-28-22-14-12-13-19-25-33-41-49-63(4)5)61-87-91(79,80)85-57-67(74)58-86-92(81,82)88-62-69(60-84-71(76)54-46-38-32-31-36-44-52-66(8)11-3)90-73(78)56-48-40-30-24-18-16-21-27-35-43-51-65(7)10-2/h63-69,74H,9-62H2,1-8H3,(H,79,80)(H,81,82)/t64?,65?,66?,67-,68-,69-/m1/s1. The molecule has 0 fully saturated rings. The monoisotopic (exact) mass is 1350 g/mol. The van der Waals surface area contributed by atoms with Gasteiger partial charge in [-0.3, -0.25) is 37.3 Å². The quantitative estimate of drug-likeness (QED) is 0.0222. The first-order valence-electron chi connectivity index (χ1n) is 37.8. The Morgan fingerprint density at radius 2 is 0.522 bits per heavy atom. The molecular formula is C73H142O17P2. The highest BCUT2D eigenvalue weighted by Crippen LogP contribution is 2.45. The molecule has 0 saturated heterocycles. The minimum atomic E-state index is -4.96. The molecule has 0 radical (unpaired) electrons. The van der Waals surface area contributed by atoms with E-state index in [1.165, 1.54) is 161 Å². The molecule has 17 nitrogen and oxygen atoms in total. The molecule has 0 aromatic heterocycles.